The second kappa shape index (κ2) is 2.96. The van der Waals surface area contributed by atoms with E-state index in [1.54, 1.807) is 22.9 Å². The Labute approximate surface area is 78.8 Å². The lowest BCUT2D eigenvalue weighted by molar-refractivity contribution is -0.124. The Morgan fingerprint density at radius 1 is 1.55 bits per heavy atom. The van der Waals surface area contributed by atoms with Gasteiger partial charge in [0.25, 0.3) is 5.91 Å². The van der Waals surface area contributed by atoms with Crippen LogP contribution in [0.5, 0.6) is 0 Å². The Kier molecular flexibility index (Phi) is 2.36. The molecule has 62 valence electrons. The number of carbonyl (C=O) groups is 2. The minimum Gasteiger partial charge on any atom is -0.325 e. The maximum Gasteiger partial charge on any atom is 0.333 e. The molecule has 4 nitrogen and oxygen atoms in total. The van der Waals surface area contributed by atoms with E-state index in [0.29, 0.717) is 0 Å². The Morgan fingerprint density at radius 3 is 2.27 bits per heavy atom. The normalized spacial score (nSPS) is 24.7. The van der Waals surface area contributed by atoms with E-state index in [1.165, 1.54) is 0 Å². The smallest absolute Gasteiger partial charge is 0.325 e. The minimum absolute atomic E-state index is 0.148. The van der Waals surface area contributed by atoms with Crippen LogP contribution >= 0.6 is 22.9 Å². The predicted molar refractivity (Wildman–Crippen MR) is 48.0 cm³/mol. The zero-order valence-electron chi connectivity index (χ0n) is 6.30. The fraction of sp³-hybridized carbons (Fsp3) is 0.667. The van der Waals surface area contributed by atoms with Gasteiger partial charge in [-0.25, -0.2) is 7.91 Å². The first kappa shape index (κ1) is 8.76. The van der Waals surface area contributed by atoms with Gasteiger partial charge in [0.2, 0.25) is 0 Å². The minimum atomic E-state index is -0.334. The molecule has 1 N–H and O–H groups in total. The Bertz CT molecular complexity index is 205. The second-order valence-corrected chi connectivity index (χ2v) is 3.76. The highest BCUT2D eigenvalue weighted by molar-refractivity contribution is 14.1. The van der Waals surface area contributed by atoms with Gasteiger partial charge in [0.05, 0.1) is 22.9 Å². The Morgan fingerprint density at radius 2 is 2.09 bits per heavy atom. The highest BCUT2D eigenvalue weighted by Crippen LogP contribution is 2.16. The van der Waals surface area contributed by atoms with Crippen LogP contribution in [0.1, 0.15) is 13.8 Å². The third-order valence-corrected chi connectivity index (χ3v) is 2.50. The van der Waals surface area contributed by atoms with Crippen LogP contribution in [0.15, 0.2) is 0 Å². The van der Waals surface area contributed by atoms with Crippen LogP contribution in [-0.4, -0.2) is 21.1 Å². The molecule has 1 unspecified atom stereocenters. The van der Waals surface area contributed by atoms with Gasteiger partial charge < -0.3 is 5.32 Å². The van der Waals surface area contributed by atoms with Crippen LogP contribution in [0, 0.1) is 5.92 Å². The predicted octanol–water partition coefficient (Wildman–Crippen LogP) is 0.913. The van der Waals surface area contributed by atoms with Crippen molar-refractivity contribution in [2.45, 2.75) is 19.9 Å². The number of carbonyl (C=O) groups excluding carboxylic acids is 2. The van der Waals surface area contributed by atoms with Crippen LogP contribution in [0.25, 0.3) is 0 Å². The van der Waals surface area contributed by atoms with Gasteiger partial charge in [-0.15, -0.1) is 0 Å². The van der Waals surface area contributed by atoms with Gasteiger partial charge in [0.15, 0.2) is 0 Å². The van der Waals surface area contributed by atoms with Crippen LogP contribution in [0.3, 0.4) is 0 Å². The van der Waals surface area contributed by atoms with E-state index < -0.39 is 0 Å². The molecule has 0 spiro atoms. The lowest BCUT2D eigenvalue weighted by Gasteiger charge is -2.09. The number of urea groups is 1. The van der Waals surface area contributed by atoms with E-state index in [9.17, 15) is 9.59 Å². The third-order valence-electron chi connectivity index (χ3n) is 1.58. The number of amides is 3. The van der Waals surface area contributed by atoms with Gasteiger partial charge >= 0.3 is 6.03 Å². The maximum atomic E-state index is 11.2. The molecule has 0 saturated carbocycles. The summed E-state index contributed by atoms with van der Waals surface area (Å²) in [5, 5.41) is 2.58. The topological polar surface area (TPSA) is 49.4 Å². The van der Waals surface area contributed by atoms with Crippen LogP contribution in [-0.2, 0) is 4.79 Å². The van der Waals surface area contributed by atoms with E-state index in [0.717, 1.165) is 3.11 Å². The fourth-order valence-electron chi connectivity index (χ4n) is 0.925. The van der Waals surface area contributed by atoms with Crippen LogP contribution in [0.2, 0.25) is 0 Å². The largest absolute Gasteiger partial charge is 0.333 e. The number of nitrogens with one attached hydrogen (secondary N) is 1. The molecule has 1 atom stereocenters. The highest BCUT2D eigenvalue weighted by atomic mass is 127. The zero-order chi connectivity index (χ0) is 8.59. The van der Waals surface area contributed by atoms with Crippen molar-refractivity contribution in [1.29, 1.82) is 0 Å². The first-order valence-electron chi connectivity index (χ1n) is 3.34. The van der Waals surface area contributed by atoms with E-state index in [-0.39, 0.29) is 23.9 Å². The summed E-state index contributed by atoms with van der Waals surface area (Å²) in [4.78, 5) is 22.1. The SMILES string of the molecule is CC(C)C1NC(=O)N(I)C1=O. The molecule has 0 aromatic heterocycles. The molecule has 11 heavy (non-hydrogen) atoms. The van der Waals surface area contributed by atoms with Crippen LogP contribution < -0.4 is 5.32 Å². The molecule has 0 radical (unpaired) electrons. The molecule has 1 aliphatic heterocycles. The summed E-state index contributed by atoms with van der Waals surface area (Å²) in [6, 6.07) is -0.645. The second-order valence-electron chi connectivity index (χ2n) is 2.79. The number of hydrogen-bond donors (Lipinski definition) is 1. The Balaban J connectivity index is 2.75. The van der Waals surface area contributed by atoms with Gasteiger partial charge in [-0.3, -0.25) is 4.79 Å². The standard InChI is InChI=1S/C6H9IN2O2/c1-3(2)4-5(10)9(7)6(11)8-4/h3-4H,1-2H3,(H,8,11). The molecule has 1 heterocycles. The van der Waals surface area contributed by atoms with E-state index in [2.05, 4.69) is 5.32 Å². The monoisotopic (exact) mass is 268 g/mol. The van der Waals surface area contributed by atoms with Gasteiger partial charge in [-0.1, -0.05) is 13.8 Å². The van der Waals surface area contributed by atoms with E-state index >= 15 is 0 Å². The average Bonchev–Trinajstić information content (AvgIpc) is 2.17. The van der Waals surface area contributed by atoms with Crippen LogP contribution in [0.4, 0.5) is 4.79 Å². The summed E-state index contributed by atoms with van der Waals surface area (Å²) in [6.45, 7) is 3.80. The zero-order valence-corrected chi connectivity index (χ0v) is 8.45. The van der Waals surface area contributed by atoms with Crippen molar-refractivity contribution in [2.75, 3.05) is 0 Å². The summed E-state index contributed by atoms with van der Waals surface area (Å²) in [5.74, 6) is 0.0109. The summed E-state index contributed by atoms with van der Waals surface area (Å²) in [7, 11) is 0. The van der Waals surface area contributed by atoms with E-state index in [4.69, 9.17) is 0 Å². The number of halogens is 1. The first-order chi connectivity index (χ1) is 5.04. The quantitative estimate of drug-likeness (QED) is 0.436. The number of nitrogens with zero attached hydrogens (tertiary/aromatic N) is 1. The van der Waals surface area contributed by atoms with E-state index in [1.807, 2.05) is 13.8 Å². The van der Waals surface area contributed by atoms with Crippen molar-refractivity contribution < 1.29 is 9.59 Å². The molecule has 1 saturated heterocycles. The summed E-state index contributed by atoms with van der Waals surface area (Å²) >= 11 is 1.70. The van der Waals surface area contributed by atoms with Gasteiger partial charge in [0, 0.05) is 0 Å². The summed E-state index contributed by atoms with van der Waals surface area (Å²) in [5.41, 5.74) is 0. The molecule has 0 aromatic carbocycles. The van der Waals surface area contributed by atoms with Crippen molar-refractivity contribution in [1.82, 2.24) is 8.43 Å². The summed E-state index contributed by atoms with van der Waals surface area (Å²) < 4.78 is 1.09. The van der Waals surface area contributed by atoms with Crippen molar-refractivity contribution >= 4 is 34.8 Å². The van der Waals surface area contributed by atoms with Gasteiger partial charge in [0.1, 0.15) is 6.04 Å². The third kappa shape index (κ3) is 1.47. The Hall–Kier alpha value is -0.330. The molecule has 0 bridgehead atoms. The first-order valence-corrected chi connectivity index (χ1v) is 4.30. The lowest BCUT2D eigenvalue weighted by Crippen LogP contribution is -2.33. The van der Waals surface area contributed by atoms with Crippen molar-refractivity contribution in [2.24, 2.45) is 5.92 Å². The van der Waals surface area contributed by atoms with Gasteiger partial charge in [-0.05, 0) is 5.92 Å². The highest BCUT2D eigenvalue weighted by Gasteiger charge is 2.38. The number of rotatable bonds is 1. The fourth-order valence-corrected chi connectivity index (χ4v) is 1.36. The molecular weight excluding hydrogens is 259 g/mol. The molecule has 0 aliphatic carbocycles. The molecule has 1 fully saturated rings. The molecule has 1 aliphatic rings. The molecular formula is C6H9IN2O2. The maximum absolute atomic E-state index is 11.2. The molecule has 5 heteroatoms. The average molecular weight is 268 g/mol. The van der Waals surface area contributed by atoms with Crippen molar-refractivity contribution in [3.63, 3.8) is 0 Å². The molecule has 3 amide bonds. The number of imide groups is 1. The molecule has 1 rings (SSSR count). The number of hydrogen-bond acceptors (Lipinski definition) is 2. The van der Waals surface area contributed by atoms with Gasteiger partial charge in [-0.2, -0.15) is 0 Å². The van der Waals surface area contributed by atoms with Crippen molar-refractivity contribution in [3.05, 3.63) is 0 Å². The lowest BCUT2D eigenvalue weighted by atomic mass is 10.1. The molecule has 0 aromatic rings. The summed E-state index contributed by atoms with van der Waals surface area (Å²) in [6.07, 6.45) is 0. The van der Waals surface area contributed by atoms with Crippen molar-refractivity contribution in [3.8, 4) is 0 Å².